The number of sulfonamides is 1. The third kappa shape index (κ3) is 4.87. The molecule has 0 atom stereocenters. The second-order valence-corrected chi connectivity index (χ2v) is 9.70. The van der Waals surface area contributed by atoms with Gasteiger partial charge in [0.1, 0.15) is 0 Å². The molecule has 0 fully saturated rings. The van der Waals surface area contributed by atoms with Crippen molar-refractivity contribution in [1.82, 2.24) is 14.1 Å². The summed E-state index contributed by atoms with van der Waals surface area (Å²) in [6, 6.07) is 14.0. The lowest BCUT2D eigenvalue weighted by atomic mass is 10.1. The monoisotopic (exact) mass is 474 g/mol. The maximum Gasteiger partial charge on any atom is 0.243 e. The number of carbonyl (C=O) groups is 1. The third-order valence-electron chi connectivity index (χ3n) is 5.33. The van der Waals surface area contributed by atoms with Gasteiger partial charge in [-0.25, -0.2) is 13.1 Å². The van der Waals surface area contributed by atoms with Gasteiger partial charge in [0, 0.05) is 24.3 Å². The molecule has 0 saturated carbocycles. The van der Waals surface area contributed by atoms with Gasteiger partial charge in [0.25, 0.3) is 0 Å². The predicted octanol–water partition coefficient (Wildman–Crippen LogP) is 4.35. The molecular weight excluding hydrogens is 448 g/mol. The minimum atomic E-state index is -3.67. The Morgan fingerprint density at radius 1 is 1.09 bits per heavy atom. The van der Waals surface area contributed by atoms with Crippen LogP contribution in [0.4, 0.5) is 5.69 Å². The zero-order chi connectivity index (χ0) is 23.5. The first-order valence-electron chi connectivity index (χ1n) is 10.4. The molecule has 0 saturated heterocycles. The minimum Gasteiger partial charge on any atom is -0.324 e. The van der Waals surface area contributed by atoms with Crippen molar-refractivity contribution in [3.05, 3.63) is 70.5 Å². The Morgan fingerprint density at radius 3 is 2.38 bits per heavy atom. The van der Waals surface area contributed by atoms with Gasteiger partial charge in [0.05, 0.1) is 33.4 Å². The van der Waals surface area contributed by atoms with E-state index in [4.69, 9.17) is 11.6 Å². The number of aryl methyl sites for hydroxylation is 1. The quantitative estimate of drug-likeness (QED) is 0.525. The van der Waals surface area contributed by atoms with E-state index in [1.807, 2.05) is 48.9 Å². The Bertz CT molecular complexity index is 1220. The number of amides is 1. The van der Waals surface area contributed by atoms with E-state index in [1.54, 1.807) is 13.8 Å². The van der Waals surface area contributed by atoms with Crippen LogP contribution < -0.4 is 5.32 Å². The number of aromatic nitrogens is 2. The largest absolute Gasteiger partial charge is 0.324 e. The number of para-hydroxylation sites is 1. The molecule has 2 aromatic carbocycles. The molecule has 9 heteroatoms. The molecule has 32 heavy (non-hydrogen) atoms. The van der Waals surface area contributed by atoms with Crippen molar-refractivity contribution < 1.29 is 13.2 Å². The molecule has 0 aliphatic rings. The van der Waals surface area contributed by atoms with Gasteiger partial charge in [-0.3, -0.25) is 4.79 Å². The standard InChI is InChI=1S/C23H27ClN4O3S/c1-5-27(6-2)32(30,31)19-12-13-21(24)22(14-19)25-23(29)15-20-16(3)26-28(17(20)4)18-10-8-7-9-11-18/h7-14H,5-6,15H2,1-4H3,(H,25,29). The molecule has 170 valence electrons. The lowest BCUT2D eigenvalue weighted by Gasteiger charge is -2.19. The zero-order valence-electron chi connectivity index (χ0n) is 18.6. The summed E-state index contributed by atoms with van der Waals surface area (Å²) in [6.07, 6.45) is 0.0911. The smallest absolute Gasteiger partial charge is 0.243 e. The highest BCUT2D eigenvalue weighted by molar-refractivity contribution is 7.89. The van der Waals surface area contributed by atoms with Gasteiger partial charge in [-0.2, -0.15) is 9.40 Å². The Kier molecular flexibility index (Phi) is 7.38. The fourth-order valence-corrected chi connectivity index (χ4v) is 5.23. The number of nitrogens with zero attached hydrogens (tertiary/aromatic N) is 3. The molecule has 3 aromatic rings. The number of hydrogen-bond donors (Lipinski definition) is 1. The van der Waals surface area contributed by atoms with Crippen LogP contribution in [0.3, 0.4) is 0 Å². The van der Waals surface area contributed by atoms with Gasteiger partial charge in [-0.15, -0.1) is 0 Å². The van der Waals surface area contributed by atoms with Crippen molar-refractivity contribution in [3.8, 4) is 5.69 Å². The lowest BCUT2D eigenvalue weighted by Crippen LogP contribution is -2.30. The van der Waals surface area contributed by atoms with Crippen LogP contribution >= 0.6 is 11.6 Å². The molecule has 0 radical (unpaired) electrons. The summed E-state index contributed by atoms with van der Waals surface area (Å²) in [5.74, 6) is -0.303. The van der Waals surface area contributed by atoms with E-state index in [2.05, 4.69) is 10.4 Å². The highest BCUT2D eigenvalue weighted by atomic mass is 35.5. The topological polar surface area (TPSA) is 84.3 Å². The van der Waals surface area contributed by atoms with Crippen LogP contribution in [0.25, 0.3) is 5.69 Å². The van der Waals surface area contributed by atoms with Crippen LogP contribution in [0, 0.1) is 13.8 Å². The van der Waals surface area contributed by atoms with Gasteiger partial charge in [0.2, 0.25) is 15.9 Å². The number of anilines is 1. The van der Waals surface area contributed by atoms with Crippen LogP contribution in [-0.4, -0.2) is 41.5 Å². The summed E-state index contributed by atoms with van der Waals surface area (Å²) < 4.78 is 28.8. The fraction of sp³-hybridized carbons (Fsp3) is 0.304. The Hall–Kier alpha value is -2.68. The average molecular weight is 475 g/mol. The van der Waals surface area contributed by atoms with Crippen molar-refractivity contribution in [3.63, 3.8) is 0 Å². The van der Waals surface area contributed by atoms with E-state index in [0.29, 0.717) is 13.1 Å². The van der Waals surface area contributed by atoms with Gasteiger partial charge in [-0.1, -0.05) is 43.6 Å². The van der Waals surface area contributed by atoms with Crippen molar-refractivity contribution >= 4 is 33.2 Å². The molecule has 1 aromatic heterocycles. The summed E-state index contributed by atoms with van der Waals surface area (Å²) >= 11 is 6.25. The van der Waals surface area contributed by atoms with Crippen LogP contribution in [0.2, 0.25) is 5.02 Å². The number of hydrogen-bond acceptors (Lipinski definition) is 4. The van der Waals surface area contributed by atoms with Crippen molar-refractivity contribution in [2.24, 2.45) is 0 Å². The number of halogens is 1. The summed E-state index contributed by atoms with van der Waals surface area (Å²) in [7, 11) is -3.67. The number of rotatable bonds is 8. The molecule has 7 nitrogen and oxygen atoms in total. The van der Waals surface area contributed by atoms with Crippen molar-refractivity contribution in [2.75, 3.05) is 18.4 Å². The number of benzene rings is 2. The number of nitrogens with one attached hydrogen (secondary N) is 1. The van der Waals surface area contributed by atoms with E-state index in [-0.39, 0.29) is 27.9 Å². The number of carbonyl (C=O) groups excluding carboxylic acids is 1. The fourth-order valence-electron chi connectivity index (χ4n) is 3.58. The van der Waals surface area contributed by atoms with Crippen LogP contribution in [0.15, 0.2) is 53.4 Å². The average Bonchev–Trinajstić information content (AvgIpc) is 3.04. The van der Waals surface area contributed by atoms with E-state index >= 15 is 0 Å². The van der Waals surface area contributed by atoms with E-state index < -0.39 is 10.0 Å². The third-order valence-corrected chi connectivity index (χ3v) is 7.71. The van der Waals surface area contributed by atoms with Crippen LogP contribution in [-0.2, 0) is 21.2 Å². The predicted molar refractivity (Wildman–Crippen MR) is 127 cm³/mol. The Balaban J connectivity index is 1.84. The van der Waals surface area contributed by atoms with Gasteiger partial charge >= 0.3 is 0 Å². The summed E-state index contributed by atoms with van der Waals surface area (Å²) in [5, 5.41) is 7.60. The highest BCUT2D eigenvalue weighted by Crippen LogP contribution is 2.27. The van der Waals surface area contributed by atoms with Gasteiger partial charge in [0.15, 0.2) is 0 Å². The first-order valence-corrected chi connectivity index (χ1v) is 12.2. The zero-order valence-corrected chi connectivity index (χ0v) is 20.2. The maximum absolute atomic E-state index is 12.8. The normalized spacial score (nSPS) is 11.7. The minimum absolute atomic E-state index is 0.0881. The molecule has 3 rings (SSSR count). The van der Waals surface area contributed by atoms with Crippen molar-refractivity contribution in [2.45, 2.75) is 39.0 Å². The molecule has 0 aliphatic heterocycles. The lowest BCUT2D eigenvalue weighted by molar-refractivity contribution is -0.115. The van der Waals surface area contributed by atoms with Gasteiger partial charge in [-0.05, 0) is 44.2 Å². The summed E-state index contributed by atoms with van der Waals surface area (Å²) in [5.41, 5.74) is 3.61. The Labute approximate surface area is 194 Å². The Morgan fingerprint density at radius 2 is 1.75 bits per heavy atom. The van der Waals surface area contributed by atoms with Gasteiger partial charge < -0.3 is 5.32 Å². The molecular formula is C23H27ClN4O3S. The maximum atomic E-state index is 12.8. The van der Waals surface area contributed by atoms with Crippen LogP contribution in [0.1, 0.15) is 30.8 Å². The van der Waals surface area contributed by atoms with E-state index in [0.717, 1.165) is 22.6 Å². The second-order valence-electron chi connectivity index (χ2n) is 7.35. The second kappa shape index (κ2) is 9.85. The molecule has 1 N–H and O–H groups in total. The molecule has 1 heterocycles. The first kappa shape index (κ1) is 24.0. The first-order chi connectivity index (χ1) is 15.2. The molecule has 0 unspecified atom stereocenters. The van der Waals surface area contributed by atoms with E-state index in [1.165, 1.54) is 22.5 Å². The van der Waals surface area contributed by atoms with E-state index in [9.17, 15) is 13.2 Å². The molecule has 0 bridgehead atoms. The summed E-state index contributed by atoms with van der Waals surface area (Å²) in [4.78, 5) is 12.9. The molecule has 0 spiro atoms. The summed E-state index contributed by atoms with van der Waals surface area (Å²) in [6.45, 7) is 8.04. The van der Waals surface area contributed by atoms with Crippen LogP contribution in [0.5, 0.6) is 0 Å². The highest BCUT2D eigenvalue weighted by Gasteiger charge is 2.23. The SMILES string of the molecule is CCN(CC)S(=O)(=O)c1ccc(Cl)c(NC(=O)Cc2c(C)nn(-c3ccccc3)c2C)c1. The molecule has 0 aliphatic carbocycles. The molecule has 1 amide bonds. The van der Waals surface area contributed by atoms with Crippen molar-refractivity contribution in [1.29, 1.82) is 0 Å².